The molecule has 0 bridgehead atoms. The Morgan fingerprint density at radius 1 is 1.31 bits per heavy atom. The van der Waals surface area contributed by atoms with Gasteiger partial charge in [-0.05, 0) is 17.9 Å². The summed E-state index contributed by atoms with van der Waals surface area (Å²) in [4.78, 5) is 11.8. The van der Waals surface area contributed by atoms with E-state index in [0.717, 1.165) is 12.8 Å². The molecule has 0 fully saturated rings. The fourth-order valence-electron chi connectivity index (χ4n) is 1.65. The second-order valence-corrected chi connectivity index (χ2v) is 4.36. The van der Waals surface area contributed by atoms with Crippen LogP contribution in [-0.4, -0.2) is 11.8 Å². The zero-order valence-electron chi connectivity index (χ0n) is 10.1. The summed E-state index contributed by atoms with van der Waals surface area (Å²) in [6.07, 6.45) is 2.30. The molecule has 1 aromatic carbocycles. The van der Waals surface area contributed by atoms with Crippen molar-refractivity contribution < 1.29 is 4.79 Å². The molecular formula is C14H21NO. The van der Waals surface area contributed by atoms with Gasteiger partial charge >= 0.3 is 0 Å². The summed E-state index contributed by atoms with van der Waals surface area (Å²) >= 11 is 0. The molecule has 88 valence electrons. The van der Waals surface area contributed by atoms with Gasteiger partial charge < -0.3 is 5.73 Å². The Morgan fingerprint density at radius 2 is 1.94 bits per heavy atom. The van der Waals surface area contributed by atoms with E-state index in [1.165, 1.54) is 5.56 Å². The van der Waals surface area contributed by atoms with Crippen molar-refractivity contribution in [1.82, 2.24) is 0 Å². The van der Waals surface area contributed by atoms with Gasteiger partial charge in [0.25, 0.3) is 0 Å². The molecule has 0 aromatic heterocycles. The number of carbonyl (C=O) groups excluding carboxylic acids is 1. The molecule has 2 heteroatoms. The van der Waals surface area contributed by atoms with Crippen LogP contribution in [0.4, 0.5) is 0 Å². The number of rotatable bonds is 6. The predicted octanol–water partition coefficient (Wildman–Crippen LogP) is 2.56. The van der Waals surface area contributed by atoms with Gasteiger partial charge in [0.15, 0.2) is 0 Å². The van der Waals surface area contributed by atoms with Crippen molar-refractivity contribution in [2.45, 2.75) is 39.2 Å². The molecule has 0 saturated heterocycles. The highest BCUT2D eigenvalue weighted by Crippen LogP contribution is 2.10. The molecule has 2 nitrogen and oxygen atoms in total. The van der Waals surface area contributed by atoms with Crippen molar-refractivity contribution in [3.05, 3.63) is 35.9 Å². The molecule has 0 aliphatic rings. The minimum absolute atomic E-state index is 0.179. The molecule has 1 rings (SSSR count). The third-order valence-corrected chi connectivity index (χ3v) is 3.13. The first-order valence-electron chi connectivity index (χ1n) is 5.97. The van der Waals surface area contributed by atoms with Crippen LogP contribution in [0, 0.1) is 5.92 Å². The van der Waals surface area contributed by atoms with E-state index in [4.69, 9.17) is 5.73 Å². The van der Waals surface area contributed by atoms with E-state index >= 15 is 0 Å². The third-order valence-electron chi connectivity index (χ3n) is 3.13. The van der Waals surface area contributed by atoms with Gasteiger partial charge in [-0.25, -0.2) is 0 Å². The van der Waals surface area contributed by atoms with E-state index in [2.05, 4.69) is 6.92 Å². The quantitative estimate of drug-likeness (QED) is 0.799. The van der Waals surface area contributed by atoms with E-state index in [1.807, 2.05) is 37.3 Å². The summed E-state index contributed by atoms with van der Waals surface area (Å²) < 4.78 is 0. The lowest BCUT2D eigenvalue weighted by Crippen LogP contribution is -2.36. The number of nitrogens with two attached hydrogens (primary N) is 1. The average molecular weight is 219 g/mol. The van der Waals surface area contributed by atoms with Crippen molar-refractivity contribution in [2.75, 3.05) is 0 Å². The predicted molar refractivity (Wildman–Crippen MR) is 67.2 cm³/mol. The summed E-state index contributed by atoms with van der Waals surface area (Å²) in [5, 5.41) is 0. The minimum Gasteiger partial charge on any atom is -0.321 e. The molecule has 0 amide bonds. The summed E-state index contributed by atoms with van der Waals surface area (Å²) in [6, 6.07) is 9.76. The Kier molecular flexibility index (Phi) is 5.20. The molecule has 0 aliphatic carbocycles. The monoisotopic (exact) mass is 219 g/mol. The number of carbonyl (C=O) groups is 1. The van der Waals surface area contributed by atoms with Gasteiger partial charge in [-0.1, -0.05) is 50.6 Å². The fourth-order valence-corrected chi connectivity index (χ4v) is 1.65. The second-order valence-electron chi connectivity index (χ2n) is 4.36. The molecular weight excluding hydrogens is 198 g/mol. The van der Waals surface area contributed by atoms with E-state index < -0.39 is 0 Å². The lowest BCUT2D eigenvalue weighted by molar-refractivity contribution is -0.121. The zero-order valence-corrected chi connectivity index (χ0v) is 10.1. The smallest absolute Gasteiger partial charge is 0.150 e. The molecule has 2 unspecified atom stereocenters. The zero-order chi connectivity index (χ0) is 12.0. The number of hydrogen-bond acceptors (Lipinski definition) is 2. The molecule has 0 heterocycles. The lowest BCUT2D eigenvalue weighted by atomic mass is 9.93. The summed E-state index contributed by atoms with van der Waals surface area (Å²) in [5.74, 6) is 0.460. The summed E-state index contributed by atoms with van der Waals surface area (Å²) in [7, 11) is 0. The molecule has 0 aliphatic heterocycles. The van der Waals surface area contributed by atoms with Gasteiger partial charge in [-0.15, -0.1) is 0 Å². The van der Waals surface area contributed by atoms with Crippen molar-refractivity contribution in [3.63, 3.8) is 0 Å². The maximum Gasteiger partial charge on any atom is 0.150 e. The van der Waals surface area contributed by atoms with Crippen molar-refractivity contribution in [1.29, 1.82) is 0 Å². The molecule has 2 atom stereocenters. The van der Waals surface area contributed by atoms with E-state index in [-0.39, 0.29) is 17.7 Å². The van der Waals surface area contributed by atoms with Crippen molar-refractivity contribution >= 4 is 5.78 Å². The summed E-state index contributed by atoms with van der Waals surface area (Å²) in [6.45, 7) is 4.10. The highest BCUT2D eigenvalue weighted by atomic mass is 16.1. The van der Waals surface area contributed by atoms with Crippen LogP contribution >= 0.6 is 0 Å². The van der Waals surface area contributed by atoms with Crippen molar-refractivity contribution in [2.24, 2.45) is 11.7 Å². The van der Waals surface area contributed by atoms with Crippen LogP contribution in [0.15, 0.2) is 30.3 Å². The molecule has 0 saturated carbocycles. The van der Waals surface area contributed by atoms with Gasteiger partial charge in [0.2, 0.25) is 0 Å². The van der Waals surface area contributed by atoms with Gasteiger partial charge in [0.1, 0.15) is 5.78 Å². The van der Waals surface area contributed by atoms with Crippen LogP contribution in [-0.2, 0) is 11.2 Å². The minimum atomic E-state index is -0.297. The van der Waals surface area contributed by atoms with Crippen LogP contribution in [0.2, 0.25) is 0 Å². The first-order valence-corrected chi connectivity index (χ1v) is 5.97. The molecule has 16 heavy (non-hydrogen) atoms. The molecule has 2 N–H and O–H groups in total. The topological polar surface area (TPSA) is 43.1 Å². The van der Waals surface area contributed by atoms with E-state index in [0.29, 0.717) is 6.42 Å². The number of aryl methyl sites for hydroxylation is 1. The number of Topliss-reactive ketones (excluding diaryl/α,β-unsaturated/α-hetero) is 1. The van der Waals surface area contributed by atoms with Crippen LogP contribution in [0.1, 0.15) is 32.3 Å². The number of ketones is 1. The molecule has 0 spiro atoms. The van der Waals surface area contributed by atoms with Crippen LogP contribution in [0.5, 0.6) is 0 Å². The Bertz CT molecular complexity index is 321. The van der Waals surface area contributed by atoms with Gasteiger partial charge in [0, 0.05) is 6.42 Å². The first kappa shape index (κ1) is 12.9. The summed E-state index contributed by atoms with van der Waals surface area (Å²) in [5.41, 5.74) is 7.09. The number of hydrogen-bond donors (Lipinski definition) is 1. The third kappa shape index (κ3) is 3.78. The molecule has 1 aromatic rings. The van der Waals surface area contributed by atoms with E-state index in [9.17, 15) is 4.79 Å². The Morgan fingerprint density at radius 3 is 2.50 bits per heavy atom. The Labute approximate surface area is 97.9 Å². The fraction of sp³-hybridized carbons (Fsp3) is 0.500. The van der Waals surface area contributed by atoms with Crippen LogP contribution in [0.3, 0.4) is 0 Å². The highest BCUT2D eigenvalue weighted by Gasteiger charge is 2.18. The lowest BCUT2D eigenvalue weighted by Gasteiger charge is -2.16. The Balaban J connectivity index is 2.41. The second kappa shape index (κ2) is 6.44. The number of benzene rings is 1. The average Bonchev–Trinajstić information content (AvgIpc) is 2.35. The maximum absolute atomic E-state index is 11.8. The Hall–Kier alpha value is -1.15. The van der Waals surface area contributed by atoms with Crippen LogP contribution < -0.4 is 5.73 Å². The van der Waals surface area contributed by atoms with Gasteiger partial charge in [-0.3, -0.25) is 4.79 Å². The SMILES string of the molecule is CCC(C)C(N)C(=O)CCc1ccccc1. The normalized spacial score (nSPS) is 14.4. The van der Waals surface area contributed by atoms with Crippen LogP contribution in [0.25, 0.3) is 0 Å². The van der Waals surface area contributed by atoms with E-state index in [1.54, 1.807) is 0 Å². The van der Waals surface area contributed by atoms with Crippen molar-refractivity contribution in [3.8, 4) is 0 Å². The maximum atomic E-state index is 11.8. The first-order chi connectivity index (χ1) is 7.65. The highest BCUT2D eigenvalue weighted by molar-refractivity contribution is 5.84. The van der Waals surface area contributed by atoms with Gasteiger partial charge in [-0.2, -0.15) is 0 Å². The standard InChI is InChI=1S/C14H21NO/c1-3-11(2)14(15)13(16)10-9-12-7-5-4-6-8-12/h4-8,11,14H,3,9-10,15H2,1-2H3. The molecule has 0 radical (unpaired) electrons. The largest absolute Gasteiger partial charge is 0.321 e. The van der Waals surface area contributed by atoms with Gasteiger partial charge in [0.05, 0.1) is 6.04 Å².